The quantitative estimate of drug-likeness (QED) is 0.478. The van der Waals surface area contributed by atoms with Crippen LogP contribution in [0.5, 0.6) is 0 Å². The van der Waals surface area contributed by atoms with E-state index in [1.807, 2.05) is 0 Å². The lowest BCUT2D eigenvalue weighted by Gasteiger charge is -2.31. The molecule has 1 aromatic carbocycles. The van der Waals surface area contributed by atoms with Crippen LogP contribution in [0.4, 0.5) is 19.0 Å². The molecule has 4 rings (SSSR count). The van der Waals surface area contributed by atoms with Crippen molar-refractivity contribution in [2.75, 3.05) is 12.4 Å². The molecule has 36 heavy (non-hydrogen) atoms. The summed E-state index contributed by atoms with van der Waals surface area (Å²) in [5, 5.41) is 10.3. The van der Waals surface area contributed by atoms with E-state index in [9.17, 15) is 26.4 Å². The van der Waals surface area contributed by atoms with Crippen LogP contribution in [0.1, 0.15) is 35.7 Å². The number of carbonyl (C=O) groups is 1. The van der Waals surface area contributed by atoms with Crippen LogP contribution in [0.2, 0.25) is 10.0 Å². The van der Waals surface area contributed by atoms with E-state index >= 15 is 0 Å². The Morgan fingerprint density at radius 3 is 2.39 bits per heavy atom. The van der Waals surface area contributed by atoms with Crippen LogP contribution in [0, 0.1) is 13.8 Å². The zero-order valence-electron chi connectivity index (χ0n) is 19.1. The number of halogens is 5. The molecule has 0 aliphatic carbocycles. The fourth-order valence-electron chi connectivity index (χ4n) is 3.94. The van der Waals surface area contributed by atoms with Crippen molar-refractivity contribution in [2.24, 2.45) is 0 Å². The number of anilines is 1. The first-order valence-electron chi connectivity index (χ1n) is 10.2. The zero-order chi connectivity index (χ0) is 26.7. The average molecular weight is 564 g/mol. The molecule has 9 nitrogen and oxygen atoms in total. The van der Waals surface area contributed by atoms with E-state index in [1.165, 1.54) is 39.0 Å². The van der Waals surface area contributed by atoms with E-state index in [2.05, 4.69) is 15.6 Å². The number of aromatic nitrogens is 3. The first-order chi connectivity index (χ1) is 16.6. The van der Waals surface area contributed by atoms with Crippen LogP contribution in [-0.2, 0) is 21.0 Å². The second-order valence-electron chi connectivity index (χ2n) is 8.03. The Balaban J connectivity index is 1.89. The third kappa shape index (κ3) is 4.24. The Kier molecular flexibility index (Phi) is 6.38. The lowest BCUT2D eigenvalue weighted by Crippen LogP contribution is -2.39. The van der Waals surface area contributed by atoms with Gasteiger partial charge in [-0.1, -0.05) is 34.4 Å². The maximum absolute atomic E-state index is 13.7. The van der Waals surface area contributed by atoms with Crippen LogP contribution in [-0.4, -0.2) is 40.6 Å². The van der Waals surface area contributed by atoms with Gasteiger partial charge < -0.3 is 9.84 Å². The number of rotatable bonds is 4. The van der Waals surface area contributed by atoms with Gasteiger partial charge in [-0.05, 0) is 38.5 Å². The number of hydrogen-bond acceptors (Lipinski definition) is 7. The van der Waals surface area contributed by atoms with E-state index in [0.717, 1.165) is 17.8 Å². The van der Waals surface area contributed by atoms with E-state index in [0.29, 0.717) is 4.31 Å². The molecule has 1 aliphatic heterocycles. The molecule has 0 saturated heterocycles. The van der Waals surface area contributed by atoms with Crippen molar-refractivity contribution >= 4 is 45.0 Å². The van der Waals surface area contributed by atoms with Crippen LogP contribution in [0.25, 0.3) is 0 Å². The Morgan fingerprint density at radius 1 is 1.17 bits per heavy atom. The number of aryl methyl sites for hydroxylation is 2. The molecule has 3 heterocycles. The molecule has 3 aromatic rings. The lowest BCUT2D eigenvalue weighted by atomic mass is 9.95. The Labute approximate surface area is 213 Å². The van der Waals surface area contributed by atoms with Gasteiger partial charge in [0.15, 0.2) is 16.3 Å². The number of nitrogens with one attached hydrogen (secondary N) is 1. The van der Waals surface area contributed by atoms with Gasteiger partial charge in [0.1, 0.15) is 17.6 Å². The molecule has 0 bridgehead atoms. The molecule has 0 saturated carbocycles. The molecule has 1 N–H and O–H groups in total. The summed E-state index contributed by atoms with van der Waals surface area (Å²) in [6, 6.07) is 3.78. The number of benzene rings is 1. The minimum absolute atomic E-state index is 0.0233. The van der Waals surface area contributed by atoms with Crippen molar-refractivity contribution in [1.29, 1.82) is 0 Å². The molecule has 0 fully saturated rings. The number of nitrogens with zero attached hydrogens (tertiary/aromatic N) is 4. The second-order valence-corrected chi connectivity index (χ2v) is 10.7. The topological polar surface area (TPSA) is 110 Å². The van der Waals surface area contributed by atoms with Crippen LogP contribution >= 0.6 is 23.2 Å². The highest BCUT2D eigenvalue weighted by Crippen LogP contribution is 2.41. The Morgan fingerprint density at radius 2 is 1.83 bits per heavy atom. The minimum atomic E-state index is -4.77. The van der Waals surface area contributed by atoms with Crippen molar-refractivity contribution in [3.8, 4) is 0 Å². The molecular formula is C21H18Cl2F3N5O4S. The number of sulfonamides is 1. The molecule has 1 unspecified atom stereocenters. The maximum Gasteiger partial charge on any atom is 0.435 e. The van der Waals surface area contributed by atoms with Gasteiger partial charge >= 0.3 is 6.18 Å². The third-order valence-corrected chi connectivity index (χ3v) is 8.35. The molecule has 1 atom stereocenters. The number of alkyl halides is 3. The normalized spacial score (nSPS) is 16.1. The smallest absolute Gasteiger partial charge is 0.360 e. The van der Waals surface area contributed by atoms with Crippen LogP contribution < -0.4 is 5.32 Å². The highest BCUT2D eigenvalue weighted by atomic mass is 35.5. The standard InChI is InChI=1S/C21H18Cl2F3N5O4S/c1-9-17(20(32)30(4)36(33,34)19-10(2)29-35-11(19)3)18(12-5-6-13(22)14(23)7-12)31-16(27-9)8-15(28-31)21(24,25)26/h5-8,18,27H,1-4H3. The van der Waals surface area contributed by atoms with Gasteiger partial charge in [0, 0.05) is 18.8 Å². The number of carbonyl (C=O) groups excluding carboxylic acids is 1. The SMILES string of the molecule is CC1=C(C(=O)N(C)S(=O)(=O)c2c(C)noc2C)C(c2ccc(Cl)c(Cl)c2)n2nc(C(F)(F)F)cc2N1. The summed E-state index contributed by atoms with van der Waals surface area (Å²) in [6.45, 7) is 4.23. The van der Waals surface area contributed by atoms with Crippen molar-refractivity contribution < 1.29 is 30.9 Å². The highest BCUT2D eigenvalue weighted by Gasteiger charge is 2.42. The maximum atomic E-state index is 13.7. The first kappa shape index (κ1) is 26.0. The summed E-state index contributed by atoms with van der Waals surface area (Å²) >= 11 is 12.2. The highest BCUT2D eigenvalue weighted by molar-refractivity contribution is 7.89. The van der Waals surface area contributed by atoms with Gasteiger partial charge in [0.05, 0.1) is 15.6 Å². The zero-order valence-corrected chi connectivity index (χ0v) is 21.4. The molecule has 15 heteroatoms. The van der Waals surface area contributed by atoms with Crippen LogP contribution in [0.15, 0.2) is 45.0 Å². The largest absolute Gasteiger partial charge is 0.435 e. The number of likely N-dealkylation sites (N-methyl/N-ethyl adjacent to an activating group) is 1. The molecule has 1 aliphatic rings. The van der Waals surface area contributed by atoms with Crippen LogP contribution in [0.3, 0.4) is 0 Å². The molecule has 0 radical (unpaired) electrons. The Bertz CT molecular complexity index is 1510. The molecule has 1 amide bonds. The summed E-state index contributed by atoms with van der Waals surface area (Å²) < 4.78 is 73.4. The van der Waals surface area contributed by atoms with Crippen molar-refractivity contribution in [2.45, 2.75) is 37.9 Å². The van der Waals surface area contributed by atoms with E-state index in [-0.39, 0.29) is 49.0 Å². The average Bonchev–Trinajstić information content (AvgIpc) is 3.36. The monoisotopic (exact) mass is 563 g/mol. The van der Waals surface area contributed by atoms with Gasteiger partial charge in [0.25, 0.3) is 15.9 Å². The van der Waals surface area contributed by atoms with E-state index in [4.69, 9.17) is 27.7 Å². The minimum Gasteiger partial charge on any atom is -0.360 e. The van der Waals surface area contributed by atoms with Crippen molar-refractivity contribution in [3.63, 3.8) is 0 Å². The van der Waals surface area contributed by atoms with Gasteiger partial charge in [0.2, 0.25) is 0 Å². The summed E-state index contributed by atoms with van der Waals surface area (Å²) in [7, 11) is -3.40. The third-order valence-electron chi connectivity index (χ3n) is 5.63. The lowest BCUT2D eigenvalue weighted by molar-refractivity contribution is -0.141. The molecule has 0 spiro atoms. The molecule has 192 valence electrons. The van der Waals surface area contributed by atoms with Crippen molar-refractivity contribution in [3.05, 3.63) is 68.3 Å². The summed E-state index contributed by atoms with van der Waals surface area (Å²) in [5.74, 6) is -1.08. The fourth-order valence-corrected chi connectivity index (χ4v) is 5.64. The van der Waals surface area contributed by atoms with Gasteiger partial charge in [-0.15, -0.1) is 0 Å². The summed E-state index contributed by atoms with van der Waals surface area (Å²) in [4.78, 5) is 13.4. The van der Waals surface area contributed by atoms with Gasteiger partial charge in [-0.3, -0.25) is 4.79 Å². The fraction of sp³-hybridized carbons (Fsp3) is 0.286. The van der Waals surface area contributed by atoms with Gasteiger partial charge in [-0.25, -0.2) is 17.4 Å². The summed E-state index contributed by atoms with van der Waals surface area (Å²) in [6.07, 6.45) is -4.77. The number of amides is 1. The number of allylic oxidation sites excluding steroid dienone is 1. The van der Waals surface area contributed by atoms with E-state index in [1.54, 1.807) is 0 Å². The van der Waals surface area contributed by atoms with Gasteiger partial charge in [-0.2, -0.15) is 18.3 Å². The number of hydrogen-bond donors (Lipinski definition) is 1. The number of fused-ring (bicyclic) bond motifs is 1. The predicted molar refractivity (Wildman–Crippen MR) is 124 cm³/mol. The Hall–Kier alpha value is -3.03. The summed E-state index contributed by atoms with van der Waals surface area (Å²) in [5.41, 5.74) is -0.943. The van der Waals surface area contributed by atoms with Crippen molar-refractivity contribution in [1.82, 2.24) is 19.2 Å². The first-order valence-corrected chi connectivity index (χ1v) is 12.4. The van der Waals surface area contributed by atoms with E-state index < -0.39 is 33.8 Å². The second kappa shape index (κ2) is 8.82. The molecule has 2 aromatic heterocycles. The molecular weight excluding hydrogens is 546 g/mol. The predicted octanol–water partition coefficient (Wildman–Crippen LogP) is 4.95.